The van der Waals surface area contributed by atoms with Crippen molar-refractivity contribution >= 4 is 50.7 Å². The number of nitrogens with zero attached hydrogens (tertiary/aromatic N) is 2. The van der Waals surface area contributed by atoms with E-state index in [1.807, 2.05) is 44.2 Å². The van der Waals surface area contributed by atoms with Crippen molar-refractivity contribution in [1.29, 1.82) is 0 Å². The fourth-order valence-electron chi connectivity index (χ4n) is 4.97. The molecule has 0 aliphatic carbocycles. The van der Waals surface area contributed by atoms with E-state index in [9.17, 15) is 18.0 Å². The topological polar surface area (TPSA) is 96.0 Å². The van der Waals surface area contributed by atoms with Crippen LogP contribution in [0.4, 0.5) is 5.69 Å². The van der Waals surface area contributed by atoms with Crippen molar-refractivity contribution in [1.82, 2.24) is 10.2 Å². The number of anilines is 1. The monoisotopic (exact) mass is 695 g/mol. The van der Waals surface area contributed by atoms with Crippen LogP contribution >= 0.6 is 23.2 Å². The van der Waals surface area contributed by atoms with E-state index >= 15 is 0 Å². The van der Waals surface area contributed by atoms with Gasteiger partial charge in [0.25, 0.3) is 10.0 Å². The van der Waals surface area contributed by atoms with Crippen LogP contribution in [0.25, 0.3) is 0 Å². The highest BCUT2D eigenvalue weighted by Gasteiger charge is 2.35. The van der Waals surface area contributed by atoms with Crippen LogP contribution in [-0.4, -0.2) is 50.9 Å². The Morgan fingerprint density at radius 3 is 2.15 bits per heavy atom. The van der Waals surface area contributed by atoms with Gasteiger partial charge in [0.05, 0.1) is 17.2 Å². The summed E-state index contributed by atoms with van der Waals surface area (Å²) in [5.74, 6) is -0.508. The van der Waals surface area contributed by atoms with E-state index in [2.05, 4.69) is 5.32 Å². The lowest BCUT2D eigenvalue weighted by atomic mass is 10.0. The Morgan fingerprint density at radius 2 is 1.49 bits per heavy atom. The van der Waals surface area contributed by atoms with Gasteiger partial charge in [0.15, 0.2) is 0 Å². The summed E-state index contributed by atoms with van der Waals surface area (Å²) < 4.78 is 35.4. The molecule has 0 fully saturated rings. The molecule has 4 aromatic rings. The molecular formula is C36H39Cl2N3O5S. The predicted octanol–water partition coefficient (Wildman–Crippen LogP) is 7.00. The van der Waals surface area contributed by atoms with Gasteiger partial charge in [0.2, 0.25) is 11.8 Å². The van der Waals surface area contributed by atoms with Gasteiger partial charge in [0.1, 0.15) is 18.3 Å². The van der Waals surface area contributed by atoms with Crippen LogP contribution in [0.2, 0.25) is 10.0 Å². The number of carbonyl (C=O) groups is 2. The maximum atomic E-state index is 14.7. The maximum Gasteiger partial charge on any atom is 0.264 e. The Hall–Kier alpha value is -4.05. The maximum absolute atomic E-state index is 14.7. The lowest BCUT2D eigenvalue weighted by molar-refractivity contribution is -0.140. The summed E-state index contributed by atoms with van der Waals surface area (Å²) in [5.41, 5.74) is 1.62. The molecule has 248 valence electrons. The standard InChI is InChI=1S/C36H39Cl2N3O5S/c1-4-46-34-17-11-10-16-32(34)41(47(44,45)30-20-18-29(37)19-21-30)25-35(42)40(24-28-14-8-9-15-31(28)38)33(36(43)39-23-26(2)3)22-27-12-6-5-7-13-27/h5-21,26,33H,4,22-25H2,1-3H3,(H,39,43)/t33-/m0/s1. The van der Waals surface area contributed by atoms with Crippen LogP contribution < -0.4 is 14.4 Å². The van der Waals surface area contributed by atoms with Crippen molar-refractivity contribution in [2.75, 3.05) is 24.0 Å². The van der Waals surface area contributed by atoms with Crippen LogP contribution in [0.1, 0.15) is 31.9 Å². The third-order valence-electron chi connectivity index (χ3n) is 7.37. The smallest absolute Gasteiger partial charge is 0.264 e. The Kier molecular flexibility index (Phi) is 12.7. The molecule has 0 heterocycles. The van der Waals surface area contributed by atoms with Gasteiger partial charge in [-0.1, -0.05) is 97.7 Å². The van der Waals surface area contributed by atoms with E-state index in [0.29, 0.717) is 22.2 Å². The predicted molar refractivity (Wildman–Crippen MR) is 187 cm³/mol. The quantitative estimate of drug-likeness (QED) is 0.145. The molecule has 0 aromatic heterocycles. The average Bonchev–Trinajstić information content (AvgIpc) is 3.06. The number of para-hydroxylation sites is 2. The Morgan fingerprint density at radius 1 is 0.851 bits per heavy atom. The largest absolute Gasteiger partial charge is 0.492 e. The molecule has 0 spiro atoms. The normalized spacial score (nSPS) is 12.0. The van der Waals surface area contributed by atoms with Crippen molar-refractivity contribution in [2.45, 2.75) is 44.7 Å². The minimum Gasteiger partial charge on any atom is -0.492 e. The zero-order chi connectivity index (χ0) is 34.0. The molecule has 0 unspecified atom stereocenters. The second-order valence-electron chi connectivity index (χ2n) is 11.3. The summed E-state index contributed by atoms with van der Waals surface area (Å²) >= 11 is 12.6. The molecule has 0 aliphatic heterocycles. The van der Waals surface area contributed by atoms with E-state index in [4.69, 9.17) is 27.9 Å². The fraction of sp³-hybridized carbons (Fsp3) is 0.278. The van der Waals surface area contributed by atoms with E-state index in [-0.39, 0.29) is 47.7 Å². The van der Waals surface area contributed by atoms with E-state index in [0.717, 1.165) is 9.87 Å². The zero-order valence-corrected chi connectivity index (χ0v) is 28.9. The highest BCUT2D eigenvalue weighted by molar-refractivity contribution is 7.92. The van der Waals surface area contributed by atoms with Crippen LogP contribution in [0.5, 0.6) is 5.75 Å². The zero-order valence-electron chi connectivity index (χ0n) is 26.6. The number of carbonyl (C=O) groups excluding carboxylic acids is 2. The molecule has 1 N–H and O–H groups in total. The van der Waals surface area contributed by atoms with Crippen molar-refractivity contribution in [3.05, 3.63) is 124 Å². The van der Waals surface area contributed by atoms with Crippen molar-refractivity contribution in [3.63, 3.8) is 0 Å². The Labute approximate surface area is 287 Å². The molecule has 0 radical (unpaired) electrons. The molecule has 2 amide bonds. The van der Waals surface area contributed by atoms with Crippen LogP contribution in [0, 0.1) is 5.92 Å². The first-order valence-electron chi connectivity index (χ1n) is 15.4. The minimum absolute atomic E-state index is 0.0347. The van der Waals surface area contributed by atoms with Gasteiger partial charge >= 0.3 is 0 Å². The molecule has 0 saturated carbocycles. The molecule has 11 heteroatoms. The first-order valence-corrected chi connectivity index (χ1v) is 17.6. The van der Waals surface area contributed by atoms with Gasteiger partial charge in [-0.15, -0.1) is 0 Å². The Bertz CT molecular complexity index is 1750. The second-order valence-corrected chi connectivity index (χ2v) is 14.0. The molecule has 4 rings (SSSR count). The number of nitrogens with one attached hydrogen (secondary N) is 1. The first kappa shape index (κ1) is 35.8. The van der Waals surface area contributed by atoms with Crippen LogP contribution in [0.3, 0.4) is 0 Å². The summed E-state index contributed by atoms with van der Waals surface area (Å²) in [4.78, 5) is 29.9. The Balaban J connectivity index is 1.84. The number of halogens is 2. The van der Waals surface area contributed by atoms with Gasteiger partial charge in [0, 0.05) is 29.6 Å². The van der Waals surface area contributed by atoms with Gasteiger partial charge in [-0.05, 0) is 66.4 Å². The summed E-state index contributed by atoms with van der Waals surface area (Å²) in [6.07, 6.45) is 0.195. The minimum atomic E-state index is -4.33. The van der Waals surface area contributed by atoms with Gasteiger partial charge in [-0.3, -0.25) is 13.9 Å². The molecule has 4 aromatic carbocycles. The summed E-state index contributed by atoms with van der Waals surface area (Å²) in [6.45, 7) is 5.76. The SMILES string of the molecule is CCOc1ccccc1N(CC(=O)N(Cc1ccccc1Cl)[C@@H](Cc1ccccc1)C(=O)NCC(C)C)S(=O)(=O)c1ccc(Cl)cc1. The number of ether oxygens (including phenoxy) is 1. The summed E-state index contributed by atoms with van der Waals surface area (Å²) in [5, 5.41) is 3.76. The number of sulfonamides is 1. The van der Waals surface area contributed by atoms with E-state index in [1.54, 1.807) is 55.5 Å². The molecule has 1 atom stereocenters. The van der Waals surface area contributed by atoms with Crippen LogP contribution in [-0.2, 0) is 32.6 Å². The highest BCUT2D eigenvalue weighted by Crippen LogP contribution is 2.33. The van der Waals surface area contributed by atoms with Crippen molar-refractivity contribution in [3.8, 4) is 5.75 Å². The number of amides is 2. The number of hydrogen-bond donors (Lipinski definition) is 1. The van der Waals surface area contributed by atoms with E-state index < -0.39 is 28.5 Å². The number of benzene rings is 4. The molecule has 47 heavy (non-hydrogen) atoms. The number of rotatable bonds is 15. The molecule has 8 nitrogen and oxygen atoms in total. The summed E-state index contributed by atoms with van der Waals surface area (Å²) in [6, 6.07) is 27.8. The van der Waals surface area contributed by atoms with E-state index in [1.165, 1.54) is 29.2 Å². The lowest BCUT2D eigenvalue weighted by Gasteiger charge is -2.34. The lowest BCUT2D eigenvalue weighted by Crippen LogP contribution is -2.53. The molecule has 0 bridgehead atoms. The molecule has 0 aliphatic rings. The molecular weight excluding hydrogens is 657 g/mol. The first-order chi connectivity index (χ1) is 22.5. The number of hydrogen-bond acceptors (Lipinski definition) is 5. The van der Waals surface area contributed by atoms with Crippen molar-refractivity contribution < 1.29 is 22.7 Å². The third kappa shape index (κ3) is 9.50. The van der Waals surface area contributed by atoms with Crippen LogP contribution in [0.15, 0.2) is 108 Å². The summed E-state index contributed by atoms with van der Waals surface area (Å²) in [7, 11) is -4.33. The highest BCUT2D eigenvalue weighted by atomic mass is 35.5. The fourth-order valence-corrected chi connectivity index (χ4v) is 6.72. The molecule has 0 saturated heterocycles. The second kappa shape index (κ2) is 16.7. The third-order valence-corrected chi connectivity index (χ3v) is 9.76. The van der Waals surface area contributed by atoms with Gasteiger partial charge in [-0.2, -0.15) is 0 Å². The van der Waals surface area contributed by atoms with Gasteiger partial charge in [-0.25, -0.2) is 8.42 Å². The average molecular weight is 697 g/mol. The van der Waals surface area contributed by atoms with Crippen molar-refractivity contribution in [2.24, 2.45) is 5.92 Å². The van der Waals surface area contributed by atoms with Gasteiger partial charge < -0.3 is 15.0 Å².